The van der Waals surface area contributed by atoms with Crippen LogP contribution in [0, 0.1) is 11.8 Å². The smallest absolute Gasteiger partial charge is 0.313 e. The Balaban J connectivity index is 1.46. The van der Waals surface area contributed by atoms with Crippen molar-refractivity contribution in [1.82, 2.24) is 4.90 Å². The van der Waals surface area contributed by atoms with Crippen LogP contribution in [0.4, 0.5) is 11.4 Å². The van der Waals surface area contributed by atoms with Gasteiger partial charge in [-0.05, 0) is 62.6 Å². The molecule has 6 rings (SSSR count). The minimum Gasteiger partial charge on any atom is -0.461 e. The topological polar surface area (TPSA) is 99.6 Å². The molecule has 4 heterocycles. The summed E-state index contributed by atoms with van der Waals surface area (Å²) < 4.78 is 12.5. The first-order valence-electron chi connectivity index (χ1n) is 15.7. The second-order valence-electron chi connectivity index (χ2n) is 12.0. The Kier molecular flexibility index (Phi) is 8.11. The molecule has 232 valence electrons. The number of aliphatic hydroxyl groups excluding tert-OH is 1. The number of ether oxygens (including phenoxy) is 2. The molecule has 9 nitrogen and oxygen atoms in total. The van der Waals surface area contributed by atoms with Gasteiger partial charge in [-0.25, -0.2) is 0 Å². The molecule has 1 N–H and O–H groups in total. The molecule has 0 saturated carbocycles. The summed E-state index contributed by atoms with van der Waals surface area (Å²) in [6, 6.07) is 15.6. The summed E-state index contributed by atoms with van der Waals surface area (Å²) in [7, 11) is 0. The van der Waals surface area contributed by atoms with E-state index in [-0.39, 0.29) is 31.6 Å². The molecule has 4 aliphatic rings. The monoisotopic (exact) mass is 599 g/mol. The van der Waals surface area contributed by atoms with Gasteiger partial charge in [-0.15, -0.1) is 0 Å². The van der Waals surface area contributed by atoms with Crippen LogP contribution in [0.15, 0.2) is 78.9 Å². The van der Waals surface area contributed by atoms with Crippen LogP contribution in [0.3, 0.4) is 0 Å². The molecule has 1 unspecified atom stereocenters. The van der Waals surface area contributed by atoms with E-state index in [1.54, 1.807) is 11.0 Å². The highest BCUT2D eigenvalue weighted by molar-refractivity contribution is 6.06. The third-order valence-electron chi connectivity index (χ3n) is 9.84. The first-order chi connectivity index (χ1) is 21.3. The number of amides is 2. The molecule has 0 aliphatic carbocycles. The second kappa shape index (κ2) is 11.9. The number of cyclic esters (lactones) is 1. The SMILES string of the molecule is CCN(CC)c1ccc(N2CC=C[C@]34O[C@]5(CC)C=CCOC(=O)[C@@H]5[C@H]3C(=O)N([C@@H](CO)Cc3ccccc3)C4C2=O)cc1. The number of likely N-dealkylation sites (tertiary alicyclic amines) is 1. The third kappa shape index (κ3) is 4.64. The summed E-state index contributed by atoms with van der Waals surface area (Å²) in [4.78, 5) is 48.5. The van der Waals surface area contributed by atoms with Gasteiger partial charge in [-0.2, -0.15) is 0 Å². The van der Waals surface area contributed by atoms with Crippen molar-refractivity contribution in [2.75, 3.05) is 42.6 Å². The van der Waals surface area contributed by atoms with Gasteiger partial charge >= 0.3 is 5.97 Å². The van der Waals surface area contributed by atoms with Gasteiger partial charge in [0.05, 0.1) is 18.6 Å². The average molecular weight is 600 g/mol. The largest absolute Gasteiger partial charge is 0.461 e. The van der Waals surface area contributed by atoms with Crippen molar-refractivity contribution in [2.45, 2.75) is 56.9 Å². The average Bonchev–Trinajstić information content (AvgIpc) is 3.33. The zero-order chi connectivity index (χ0) is 31.1. The van der Waals surface area contributed by atoms with Gasteiger partial charge in [0.1, 0.15) is 29.8 Å². The lowest BCUT2D eigenvalue weighted by atomic mass is 9.73. The molecule has 4 aliphatic heterocycles. The number of rotatable bonds is 9. The summed E-state index contributed by atoms with van der Waals surface area (Å²) in [6.45, 7) is 7.86. The van der Waals surface area contributed by atoms with Gasteiger partial charge < -0.3 is 29.3 Å². The molecule has 0 bridgehead atoms. The summed E-state index contributed by atoms with van der Waals surface area (Å²) in [6.07, 6.45) is 8.06. The van der Waals surface area contributed by atoms with E-state index < -0.39 is 41.1 Å². The molecule has 2 aromatic rings. The number of carbonyl (C=O) groups excluding carboxylic acids is 3. The van der Waals surface area contributed by atoms with Crippen LogP contribution in [-0.2, 0) is 30.3 Å². The third-order valence-corrected chi connectivity index (χ3v) is 9.84. The van der Waals surface area contributed by atoms with Crippen LogP contribution in [0.25, 0.3) is 0 Å². The van der Waals surface area contributed by atoms with Gasteiger partial charge in [0.2, 0.25) is 5.91 Å². The maximum Gasteiger partial charge on any atom is 0.313 e. The first kappa shape index (κ1) is 30.1. The van der Waals surface area contributed by atoms with Crippen molar-refractivity contribution in [1.29, 1.82) is 0 Å². The van der Waals surface area contributed by atoms with E-state index in [1.807, 2.05) is 79.7 Å². The molecule has 2 aromatic carbocycles. The number of anilines is 2. The van der Waals surface area contributed by atoms with Crippen molar-refractivity contribution in [2.24, 2.45) is 11.8 Å². The number of carbonyl (C=O) groups is 3. The van der Waals surface area contributed by atoms with Crippen molar-refractivity contribution in [3.05, 3.63) is 84.5 Å². The highest BCUT2D eigenvalue weighted by Gasteiger charge is 2.76. The van der Waals surface area contributed by atoms with Crippen molar-refractivity contribution in [3.63, 3.8) is 0 Å². The summed E-state index contributed by atoms with van der Waals surface area (Å²) in [5.74, 6) is -3.12. The molecule has 1 spiro atoms. The number of hydrogen-bond acceptors (Lipinski definition) is 7. The van der Waals surface area contributed by atoms with E-state index in [4.69, 9.17) is 9.47 Å². The fraction of sp³-hybridized carbons (Fsp3) is 0.457. The number of hydrogen-bond donors (Lipinski definition) is 1. The molecule has 0 radical (unpaired) electrons. The normalized spacial score (nSPS) is 29.9. The van der Waals surface area contributed by atoms with E-state index in [0.29, 0.717) is 18.5 Å². The van der Waals surface area contributed by atoms with Gasteiger partial charge in [-0.3, -0.25) is 14.4 Å². The lowest BCUT2D eigenvalue weighted by molar-refractivity contribution is -0.159. The maximum atomic E-state index is 14.9. The molecule has 6 atom stereocenters. The highest BCUT2D eigenvalue weighted by atomic mass is 16.6. The van der Waals surface area contributed by atoms with Gasteiger partial charge in [0.15, 0.2) is 0 Å². The highest BCUT2D eigenvalue weighted by Crippen LogP contribution is 2.59. The van der Waals surface area contributed by atoms with Crippen LogP contribution in [0.2, 0.25) is 0 Å². The molecule has 2 fully saturated rings. The van der Waals surface area contributed by atoms with Crippen LogP contribution in [0.1, 0.15) is 32.8 Å². The van der Waals surface area contributed by atoms with E-state index in [1.165, 1.54) is 4.90 Å². The Hall–Kier alpha value is -3.95. The number of nitrogens with zero attached hydrogens (tertiary/aromatic N) is 3. The fourth-order valence-electron chi connectivity index (χ4n) is 7.73. The van der Waals surface area contributed by atoms with Crippen molar-refractivity contribution >= 4 is 29.2 Å². The number of esters is 1. The lowest BCUT2D eigenvalue weighted by Crippen LogP contribution is -2.59. The van der Waals surface area contributed by atoms with Gasteiger partial charge in [-0.1, -0.05) is 55.5 Å². The summed E-state index contributed by atoms with van der Waals surface area (Å²) in [5, 5.41) is 10.7. The molecule has 9 heteroatoms. The van der Waals surface area contributed by atoms with E-state index >= 15 is 0 Å². The van der Waals surface area contributed by atoms with Crippen molar-refractivity contribution < 1.29 is 29.0 Å². The molecular weight excluding hydrogens is 558 g/mol. The van der Waals surface area contributed by atoms with Crippen molar-refractivity contribution in [3.8, 4) is 0 Å². The molecular formula is C35H41N3O6. The molecule has 2 amide bonds. The zero-order valence-corrected chi connectivity index (χ0v) is 25.6. The number of fused-ring (bicyclic) bond motifs is 2. The predicted molar refractivity (Wildman–Crippen MR) is 167 cm³/mol. The molecule has 2 saturated heterocycles. The Bertz CT molecular complexity index is 1450. The van der Waals surface area contributed by atoms with E-state index in [2.05, 4.69) is 18.7 Å². The Labute approximate surface area is 258 Å². The van der Waals surface area contributed by atoms with Gasteiger partial charge in [0.25, 0.3) is 5.91 Å². The minimum absolute atomic E-state index is 0.0980. The zero-order valence-electron chi connectivity index (χ0n) is 25.6. The van der Waals surface area contributed by atoms with Crippen LogP contribution < -0.4 is 9.80 Å². The fourth-order valence-corrected chi connectivity index (χ4v) is 7.73. The lowest BCUT2D eigenvalue weighted by Gasteiger charge is -2.40. The van der Waals surface area contributed by atoms with Crippen LogP contribution >= 0.6 is 0 Å². The van der Waals surface area contributed by atoms with E-state index in [0.717, 1.165) is 24.3 Å². The second-order valence-corrected chi connectivity index (χ2v) is 12.0. The maximum absolute atomic E-state index is 14.9. The molecule has 0 aromatic heterocycles. The summed E-state index contributed by atoms with van der Waals surface area (Å²) >= 11 is 0. The standard InChI is InChI=1S/C35H41N3O6/c1-4-34-18-11-21-43-33(42)29(34)28-31(40)38(27(23-39)22-24-12-8-7-9-13-24)30-32(41)37(20-10-19-35(28,30)44-34)26-16-14-25(15-17-26)36(5-2)6-3/h7-19,27-30,39H,4-6,20-23H2,1-3H3/t27-,28+,29+,30?,34-,35+/m1/s1. The number of aliphatic hydroxyl groups is 1. The Morgan fingerprint density at radius 1 is 0.932 bits per heavy atom. The van der Waals surface area contributed by atoms with E-state index in [9.17, 15) is 19.5 Å². The first-order valence-corrected chi connectivity index (χ1v) is 15.7. The predicted octanol–water partition coefficient (Wildman–Crippen LogP) is 3.51. The quantitative estimate of drug-likeness (QED) is 0.348. The minimum atomic E-state index is -1.42. The Morgan fingerprint density at radius 2 is 1.66 bits per heavy atom. The van der Waals surface area contributed by atoms with Gasteiger partial charge in [0, 0.05) is 31.0 Å². The molecule has 44 heavy (non-hydrogen) atoms. The Morgan fingerprint density at radius 3 is 2.32 bits per heavy atom. The van der Waals surface area contributed by atoms with Crippen LogP contribution in [-0.4, -0.2) is 83.9 Å². The van der Waals surface area contributed by atoms with Crippen LogP contribution in [0.5, 0.6) is 0 Å². The number of benzene rings is 2. The summed E-state index contributed by atoms with van der Waals surface area (Å²) in [5.41, 5.74) is 0.159.